The molecule has 0 unspecified atom stereocenters. The summed E-state index contributed by atoms with van der Waals surface area (Å²) < 4.78 is 0. The van der Waals surface area contributed by atoms with Gasteiger partial charge in [-0.05, 0) is 19.8 Å². The summed E-state index contributed by atoms with van der Waals surface area (Å²) in [6.07, 6.45) is 3.93. The molecule has 0 saturated carbocycles. The van der Waals surface area contributed by atoms with Crippen LogP contribution in [0.2, 0.25) is 0 Å². The first-order valence-corrected chi connectivity index (χ1v) is 5.86. The lowest BCUT2D eigenvalue weighted by Crippen LogP contribution is -2.36. The maximum absolute atomic E-state index is 12.0. The van der Waals surface area contributed by atoms with Gasteiger partial charge < -0.3 is 4.90 Å². The molecule has 0 aromatic heterocycles. The minimum Gasteiger partial charge on any atom is -0.329 e. The van der Waals surface area contributed by atoms with Crippen LogP contribution in [-0.2, 0) is 4.79 Å². The first-order valence-electron chi connectivity index (χ1n) is 5.86. The van der Waals surface area contributed by atoms with Crippen LogP contribution in [0.4, 0.5) is 0 Å². The van der Waals surface area contributed by atoms with E-state index >= 15 is 0 Å². The summed E-state index contributed by atoms with van der Waals surface area (Å²) >= 11 is 0. The van der Waals surface area contributed by atoms with Crippen molar-refractivity contribution < 1.29 is 4.79 Å². The van der Waals surface area contributed by atoms with Crippen LogP contribution < -0.4 is 0 Å². The van der Waals surface area contributed by atoms with Crippen LogP contribution in [0.1, 0.15) is 46.5 Å². The molecule has 0 aromatic rings. The Morgan fingerprint density at radius 3 is 2.13 bits per heavy atom. The Morgan fingerprint density at radius 2 is 1.80 bits per heavy atom. The molecule has 0 saturated heterocycles. The second-order valence-electron chi connectivity index (χ2n) is 3.78. The topological polar surface area (TPSA) is 44.1 Å². The van der Waals surface area contributed by atoms with Crippen molar-refractivity contribution in [2.24, 2.45) is 5.92 Å². The highest BCUT2D eigenvalue weighted by molar-refractivity contribution is 5.79. The molecular formula is C12H22N2O. The third-order valence-electron chi connectivity index (χ3n) is 2.58. The van der Waals surface area contributed by atoms with Crippen LogP contribution in [0.5, 0.6) is 0 Å². The molecule has 0 bridgehead atoms. The highest BCUT2D eigenvalue weighted by Crippen LogP contribution is 2.16. The van der Waals surface area contributed by atoms with E-state index in [0.29, 0.717) is 6.54 Å². The van der Waals surface area contributed by atoms with Crippen molar-refractivity contribution in [3.8, 4) is 6.07 Å². The molecule has 3 heteroatoms. The highest BCUT2D eigenvalue weighted by atomic mass is 16.2. The van der Waals surface area contributed by atoms with Crippen molar-refractivity contribution in [3.63, 3.8) is 0 Å². The van der Waals surface area contributed by atoms with Crippen LogP contribution in [0.3, 0.4) is 0 Å². The minimum atomic E-state index is 0.119. The van der Waals surface area contributed by atoms with Crippen LogP contribution in [0.15, 0.2) is 0 Å². The predicted octanol–water partition coefficient (Wildman–Crippen LogP) is 2.57. The van der Waals surface area contributed by atoms with Gasteiger partial charge in [0.1, 0.15) is 6.54 Å². The van der Waals surface area contributed by atoms with E-state index in [1.165, 1.54) is 0 Å². The summed E-state index contributed by atoms with van der Waals surface area (Å²) in [6, 6.07) is 2.04. The fourth-order valence-electron chi connectivity index (χ4n) is 1.78. The van der Waals surface area contributed by atoms with Gasteiger partial charge in [0.2, 0.25) is 5.91 Å². The number of hydrogen-bond donors (Lipinski definition) is 0. The summed E-state index contributed by atoms with van der Waals surface area (Å²) in [5.41, 5.74) is 0. The maximum Gasteiger partial charge on any atom is 0.226 e. The standard InChI is InChI=1S/C12H22N2O/c1-4-7-11(8-5-2)12(15)14(6-3)10-9-13/h11H,4-8,10H2,1-3H3. The molecule has 0 atom stereocenters. The minimum absolute atomic E-state index is 0.119. The van der Waals surface area contributed by atoms with Gasteiger partial charge in [-0.1, -0.05) is 26.7 Å². The fourth-order valence-corrected chi connectivity index (χ4v) is 1.78. The van der Waals surface area contributed by atoms with E-state index in [4.69, 9.17) is 5.26 Å². The van der Waals surface area contributed by atoms with Crippen molar-refractivity contribution in [1.29, 1.82) is 5.26 Å². The van der Waals surface area contributed by atoms with Gasteiger partial charge in [0.15, 0.2) is 0 Å². The van der Waals surface area contributed by atoms with Crippen molar-refractivity contribution in [2.75, 3.05) is 13.1 Å². The zero-order valence-electron chi connectivity index (χ0n) is 10.1. The third-order valence-corrected chi connectivity index (χ3v) is 2.58. The molecule has 3 nitrogen and oxygen atoms in total. The number of carbonyl (C=O) groups is 1. The summed E-state index contributed by atoms with van der Waals surface area (Å²) in [7, 11) is 0. The smallest absolute Gasteiger partial charge is 0.226 e. The van der Waals surface area contributed by atoms with E-state index in [9.17, 15) is 4.79 Å². The van der Waals surface area contributed by atoms with Gasteiger partial charge in [-0.15, -0.1) is 0 Å². The van der Waals surface area contributed by atoms with E-state index in [1.807, 2.05) is 13.0 Å². The Hall–Kier alpha value is -1.04. The Balaban J connectivity index is 4.38. The Bertz CT molecular complexity index is 214. The van der Waals surface area contributed by atoms with Gasteiger partial charge in [0, 0.05) is 12.5 Å². The number of hydrogen-bond acceptors (Lipinski definition) is 2. The molecule has 15 heavy (non-hydrogen) atoms. The SMILES string of the molecule is CCCC(CCC)C(=O)N(CC)CC#N. The van der Waals surface area contributed by atoms with E-state index in [2.05, 4.69) is 13.8 Å². The van der Waals surface area contributed by atoms with E-state index in [0.717, 1.165) is 25.7 Å². The number of amides is 1. The predicted molar refractivity (Wildman–Crippen MR) is 61.2 cm³/mol. The van der Waals surface area contributed by atoms with Crippen LogP contribution in [0.25, 0.3) is 0 Å². The molecule has 0 N–H and O–H groups in total. The first-order chi connectivity index (χ1) is 7.21. The number of carbonyl (C=O) groups excluding carboxylic acids is 1. The third kappa shape index (κ3) is 4.83. The molecule has 0 aliphatic heterocycles. The van der Waals surface area contributed by atoms with Crippen LogP contribution >= 0.6 is 0 Å². The maximum atomic E-state index is 12.0. The lowest BCUT2D eigenvalue weighted by atomic mass is 9.96. The quantitative estimate of drug-likeness (QED) is 0.606. The monoisotopic (exact) mass is 210 g/mol. The molecule has 0 spiro atoms. The van der Waals surface area contributed by atoms with Crippen LogP contribution in [0, 0.1) is 17.2 Å². The van der Waals surface area contributed by atoms with Gasteiger partial charge in [-0.25, -0.2) is 0 Å². The normalized spacial score (nSPS) is 10.1. The lowest BCUT2D eigenvalue weighted by molar-refractivity contribution is -0.135. The summed E-state index contributed by atoms with van der Waals surface area (Å²) in [5.74, 6) is 0.274. The molecule has 86 valence electrons. The molecule has 0 heterocycles. The van der Waals surface area contributed by atoms with E-state index in [1.54, 1.807) is 4.90 Å². The largest absolute Gasteiger partial charge is 0.329 e. The molecule has 0 radical (unpaired) electrons. The van der Waals surface area contributed by atoms with Crippen molar-refractivity contribution in [2.45, 2.75) is 46.5 Å². The average molecular weight is 210 g/mol. The summed E-state index contributed by atoms with van der Waals surface area (Å²) in [5, 5.41) is 8.61. The van der Waals surface area contributed by atoms with Crippen molar-refractivity contribution in [1.82, 2.24) is 4.90 Å². The number of nitriles is 1. The van der Waals surface area contributed by atoms with Gasteiger partial charge in [0.25, 0.3) is 0 Å². The van der Waals surface area contributed by atoms with E-state index < -0.39 is 0 Å². The van der Waals surface area contributed by atoms with Gasteiger partial charge >= 0.3 is 0 Å². The van der Waals surface area contributed by atoms with Crippen LogP contribution in [-0.4, -0.2) is 23.9 Å². The molecule has 1 amide bonds. The molecule has 0 aliphatic carbocycles. The number of rotatable bonds is 7. The Morgan fingerprint density at radius 1 is 1.27 bits per heavy atom. The Kier molecular flexibility index (Phi) is 7.71. The lowest BCUT2D eigenvalue weighted by Gasteiger charge is -2.23. The van der Waals surface area contributed by atoms with Crippen molar-refractivity contribution >= 4 is 5.91 Å². The molecule has 0 fully saturated rings. The van der Waals surface area contributed by atoms with Gasteiger partial charge in [-0.3, -0.25) is 4.79 Å². The average Bonchev–Trinajstić information content (AvgIpc) is 2.24. The van der Waals surface area contributed by atoms with Gasteiger partial charge in [0.05, 0.1) is 6.07 Å². The number of nitrogens with zero attached hydrogens (tertiary/aromatic N) is 2. The molecule has 0 rings (SSSR count). The second-order valence-corrected chi connectivity index (χ2v) is 3.78. The highest BCUT2D eigenvalue weighted by Gasteiger charge is 2.21. The fraction of sp³-hybridized carbons (Fsp3) is 0.833. The molecular weight excluding hydrogens is 188 g/mol. The first kappa shape index (κ1) is 14.0. The second kappa shape index (κ2) is 8.28. The van der Waals surface area contributed by atoms with E-state index in [-0.39, 0.29) is 18.4 Å². The van der Waals surface area contributed by atoms with Crippen molar-refractivity contribution in [3.05, 3.63) is 0 Å². The molecule has 0 aliphatic rings. The Labute approximate surface area is 93.1 Å². The zero-order valence-corrected chi connectivity index (χ0v) is 10.1. The zero-order chi connectivity index (χ0) is 11.7. The summed E-state index contributed by atoms with van der Waals surface area (Å²) in [4.78, 5) is 13.7. The summed E-state index contributed by atoms with van der Waals surface area (Å²) in [6.45, 7) is 6.97. The molecule has 0 aromatic carbocycles. The van der Waals surface area contributed by atoms with Gasteiger partial charge in [-0.2, -0.15) is 5.26 Å².